The number of benzene rings is 1. The van der Waals surface area contributed by atoms with Gasteiger partial charge in [0.25, 0.3) is 5.91 Å². The van der Waals surface area contributed by atoms with Gasteiger partial charge >= 0.3 is 6.09 Å². The van der Waals surface area contributed by atoms with Crippen LogP contribution in [0.1, 0.15) is 10.4 Å². The summed E-state index contributed by atoms with van der Waals surface area (Å²) in [4.78, 5) is 35.0. The monoisotopic (exact) mass is 327 g/mol. The molecule has 8 heteroatoms. The highest BCUT2D eigenvalue weighted by molar-refractivity contribution is 5.94. The predicted molar refractivity (Wildman–Crippen MR) is 87.5 cm³/mol. The van der Waals surface area contributed by atoms with E-state index in [2.05, 4.69) is 9.97 Å². The number of aromatic nitrogens is 2. The van der Waals surface area contributed by atoms with E-state index in [0.717, 1.165) is 5.69 Å². The number of nitrogens with two attached hydrogens (primary N) is 1. The van der Waals surface area contributed by atoms with Crippen LogP contribution in [-0.2, 0) is 4.74 Å². The van der Waals surface area contributed by atoms with Crippen LogP contribution in [0.2, 0.25) is 0 Å². The Hall–Kier alpha value is -3.16. The Morgan fingerprint density at radius 1 is 1.33 bits per heavy atom. The Kier molecular flexibility index (Phi) is 4.28. The van der Waals surface area contributed by atoms with Crippen molar-refractivity contribution in [3.05, 3.63) is 48.3 Å². The van der Waals surface area contributed by atoms with Gasteiger partial charge in [-0.15, -0.1) is 0 Å². The molecule has 1 saturated heterocycles. The smallest absolute Gasteiger partial charge is 0.414 e. The maximum absolute atomic E-state index is 12.3. The topological polar surface area (TPSA) is 102 Å². The second-order valence-corrected chi connectivity index (χ2v) is 5.47. The molecular formula is C16H17N5O3. The molecule has 1 aromatic carbocycles. The number of amides is 2. The lowest BCUT2D eigenvalue weighted by atomic mass is 10.2. The standard InChI is InChI=1S/C16H17N5O3/c1-20(14(22)11-7-18-15(17)19-8-11)9-13-10-21(16(23)24-13)12-5-3-2-4-6-12/h2-8,13H,9-10H2,1H3,(H2,17,18,19). The van der Waals surface area contributed by atoms with E-state index < -0.39 is 12.2 Å². The number of rotatable bonds is 4. The second kappa shape index (κ2) is 6.53. The molecule has 2 amide bonds. The van der Waals surface area contributed by atoms with E-state index in [9.17, 15) is 9.59 Å². The van der Waals surface area contributed by atoms with Crippen LogP contribution in [0.25, 0.3) is 0 Å². The molecule has 2 heterocycles. The summed E-state index contributed by atoms with van der Waals surface area (Å²) < 4.78 is 5.35. The third-order valence-corrected chi connectivity index (χ3v) is 3.68. The summed E-state index contributed by atoms with van der Waals surface area (Å²) in [5, 5.41) is 0. The van der Waals surface area contributed by atoms with Crippen LogP contribution in [0.4, 0.5) is 16.4 Å². The minimum atomic E-state index is -0.414. The van der Waals surface area contributed by atoms with Crippen LogP contribution in [0.5, 0.6) is 0 Å². The van der Waals surface area contributed by atoms with Crippen molar-refractivity contribution in [2.75, 3.05) is 30.8 Å². The fourth-order valence-corrected chi connectivity index (χ4v) is 2.49. The number of hydrogen-bond acceptors (Lipinski definition) is 6. The summed E-state index contributed by atoms with van der Waals surface area (Å²) in [6, 6.07) is 9.26. The highest BCUT2D eigenvalue weighted by Gasteiger charge is 2.33. The number of hydrogen-bond donors (Lipinski definition) is 1. The molecule has 1 unspecified atom stereocenters. The summed E-state index contributed by atoms with van der Waals surface area (Å²) in [5.41, 5.74) is 6.51. The van der Waals surface area contributed by atoms with Crippen molar-refractivity contribution in [3.8, 4) is 0 Å². The molecule has 1 aromatic heterocycles. The van der Waals surface area contributed by atoms with Gasteiger partial charge in [0.1, 0.15) is 6.10 Å². The molecule has 0 spiro atoms. The SMILES string of the molecule is CN(CC1CN(c2ccccc2)C(=O)O1)C(=O)c1cnc(N)nc1. The number of carbonyl (C=O) groups is 2. The summed E-state index contributed by atoms with van der Waals surface area (Å²) in [6.45, 7) is 0.664. The Bertz CT molecular complexity index is 735. The molecule has 24 heavy (non-hydrogen) atoms. The number of nitrogens with zero attached hydrogens (tertiary/aromatic N) is 4. The van der Waals surface area contributed by atoms with E-state index in [4.69, 9.17) is 10.5 Å². The molecule has 0 aliphatic carbocycles. The highest BCUT2D eigenvalue weighted by Crippen LogP contribution is 2.21. The van der Waals surface area contributed by atoms with E-state index in [0.29, 0.717) is 12.1 Å². The first-order valence-corrected chi connectivity index (χ1v) is 7.41. The third-order valence-electron chi connectivity index (χ3n) is 3.68. The number of likely N-dealkylation sites (N-methyl/N-ethyl adjacent to an activating group) is 1. The average Bonchev–Trinajstić information content (AvgIpc) is 2.96. The van der Waals surface area contributed by atoms with E-state index in [1.165, 1.54) is 17.3 Å². The largest absolute Gasteiger partial charge is 0.442 e. The van der Waals surface area contributed by atoms with Crippen LogP contribution >= 0.6 is 0 Å². The highest BCUT2D eigenvalue weighted by atomic mass is 16.6. The summed E-state index contributed by atoms with van der Waals surface area (Å²) in [5.74, 6) is -0.151. The number of nitrogen functional groups attached to an aromatic ring is 1. The van der Waals surface area contributed by atoms with Crippen molar-refractivity contribution in [1.82, 2.24) is 14.9 Å². The number of ether oxygens (including phenoxy) is 1. The van der Waals surface area contributed by atoms with Gasteiger partial charge in [0.15, 0.2) is 0 Å². The molecule has 0 saturated carbocycles. The quantitative estimate of drug-likeness (QED) is 0.904. The van der Waals surface area contributed by atoms with Crippen molar-refractivity contribution < 1.29 is 14.3 Å². The normalized spacial score (nSPS) is 16.8. The van der Waals surface area contributed by atoms with Gasteiger partial charge in [-0.05, 0) is 12.1 Å². The Balaban J connectivity index is 1.63. The molecule has 2 aromatic rings. The first kappa shape index (κ1) is 15.7. The lowest BCUT2D eigenvalue weighted by molar-refractivity contribution is 0.0694. The molecule has 0 radical (unpaired) electrons. The van der Waals surface area contributed by atoms with E-state index in [1.807, 2.05) is 30.3 Å². The van der Waals surface area contributed by atoms with Gasteiger partial charge in [-0.2, -0.15) is 0 Å². The molecule has 0 bridgehead atoms. The second-order valence-electron chi connectivity index (χ2n) is 5.47. The van der Waals surface area contributed by atoms with Crippen molar-refractivity contribution in [3.63, 3.8) is 0 Å². The van der Waals surface area contributed by atoms with E-state index in [-0.39, 0.29) is 18.4 Å². The van der Waals surface area contributed by atoms with E-state index >= 15 is 0 Å². The van der Waals surface area contributed by atoms with Crippen LogP contribution in [-0.4, -0.2) is 53.1 Å². The van der Waals surface area contributed by atoms with Crippen LogP contribution in [0.3, 0.4) is 0 Å². The van der Waals surface area contributed by atoms with Gasteiger partial charge < -0.3 is 15.4 Å². The van der Waals surface area contributed by atoms with Gasteiger partial charge in [-0.25, -0.2) is 14.8 Å². The van der Waals surface area contributed by atoms with Crippen molar-refractivity contribution in [1.29, 1.82) is 0 Å². The maximum Gasteiger partial charge on any atom is 0.414 e. The van der Waals surface area contributed by atoms with E-state index in [1.54, 1.807) is 11.9 Å². The fourth-order valence-electron chi connectivity index (χ4n) is 2.49. The van der Waals surface area contributed by atoms with Crippen LogP contribution in [0.15, 0.2) is 42.7 Å². The van der Waals surface area contributed by atoms with Gasteiger partial charge in [0, 0.05) is 25.1 Å². The lowest BCUT2D eigenvalue weighted by Gasteiger charge is -2.20. The Morgan fingerprint density at radius 2 is 2.00 bits per heavy atom. The Labute approximate surface area is 138 Å². The molecule has 2 N–H and O–H groups in total. The van der Waals surface area contributed by atoms with Crippen LogP contribution in [0, 0.1) is 0 Å². The molecule has 3 rings (SSSR count). The molecule has 1 fully saturated rings. The molecule has 1 aliphatic rings. The van der Waals surface area contributed by atoms with Gasteiger partial charge in [-0.1, -0.05) is 18.2 Å². The third kappa shape index (κ3) is 3.27. The van der Waals surface area contributed by atoms with Gasteiger partial charge in [-0.3, -0.25) is 9.69 Å². The van der Waals surface area contributed by atoms with Gasteiger partial charge in [0.2, 0.25) is 5.95 Å². The maximum atomic E-state index is 12.3. The number of para-hydroxylation sites is 1. The number of cyclic esters (lactones) is 1. The molecule has 124 valence electrons. The predicted octanol–water partition coefficient (Wildman–Crippen LogP) is 1.16. The fraction of sp³-hybridized carbons (Fsp3) is 0.250. The molecule has 8 nitrogen and oxygen atoms in total. The molecule has 1 aliphatic heterocycles. The average molecular weight is 327 g/mol. The zero-order valence-corrected chi connectivity index (χ0v) is 13.1. The minimum absolute atomic E-state index is 0.109. The van der Waals surface area contributed by atoms with Crippen molar-refractivity contribution in [2.24, 2.45) is 0 Å². The number of anilines is 2. The van der Waals surface area contributed by atoms with Gasteiger partial charge in [0.05, 0.1) is 18.7 Å². The number of carbonyl (C=O) groups excluding carboxylic acids is 2. The van der Waals surface area contributed by atoms with Crippen molar-refractivity contribution >= 4 is 23.6 Å². The first-order valence-electron chi connectivity index (χ1n) is 7.41. The van der Waals surface area contributed by atoms with Crippen LogP contribution < -0.4 is 10.6 Å². The zero-order valence-electron chi connectivity index (χ0n) is 13.1. The van der Waals surface area contributed by atoms with Crippen molar-refractivity contribution in [2.45, 2.75) is 6.10 Å². The molecular weight excluding hydrogens is 310 g/mol. The lowest BCUT2D eigenvalue weighted by Crippen LogP contribution is -2.36. The zero-order chi connectivity index (χ0) is 17.1. The summed E-state index contributed by atoms with van der Waals surface area (Å²) in [7, 11) is 1.64. The Morgan fingerprint density at radius 3 is 2.67 bits per heavy atom. The summed E-state index contributed by atoms with van der Waals surface area (Å²) >= 11 is 0. The minimum Gasteiger partial charge on any atom is -0.442 e. The molecule has 1 atom stereocenters. The first-order chi connectivity index (χ1) is 11.5. The summed E-state index contributed by atoms with van der Waals surface area (Å²) in [6.07, 6.45) is 1.93.